The highest BCUT2D eigenvalue weighted by molar-refractivity contribution is 5.97. The van der Waals surface area contributed by atoms with E-state index in [2.05, 4.69) is 86.6 Å². The van der Waals surface area contributed by atoms with Gasteiger partial charge in [-0.05, 0) is 48.7 Å². The SMILES string of the molecule is Cc1ccc2nc(-c3ccccc3)cc(-c3ccccc3C)c2c1. The lowest BCUT2D eigenvalue weighted by Gasteiger charge is -2.13. The molecule has 0 aliphatic carbocycles. The van der Waals surface area contributed by atoms with Crippen LogP contribution >= 0.6 is 0 Å². The van der Waals surface area contributed by atoms with Gasteiger partial charge in [0.05, 0.1) is 11.2 Å². The summed E-state index contributed by atoms with van der Waals surface area (Å²) < 4.78 is 0. The summed E-state index contributed by atoms with van der Waals surface area (Å²) in [6, 6.07) is 27.7. The lowest BCUT2D eigenvalue weighted by molar-refractivity contribution is 1.37. The Hall–Kier alpha value is -2.93. The van der Waals surface area contributed by atoms with Gasteiger partial charge in [-0.25, -0.2) is 4.98 Å². The van der Waals surface area contributed by atoms with Crippen molar-refractivity contribution in [2.24, 2.45) is 0 Å². The molecular formula is C23H19N. The van der Waals surface area contributed by atoms with E-state index >= 15 is 0 Å². The number of aromatic nitrogens is 1. The van der Waals surface area contributed by atoms with Crippen LogP contribution in [0.3, 0.4) is 0 Å². The number of fused-ring (bicyclic) bond motifs is 1. The molecule has 0 amide bonds. The van der Waals surface area contributed by atoms with E-state index in [0.717, 1.165) is 16.8 Å². The van der Waals surface area contributed by atoms with Crippen LogP contribution in [0.2, 0.25) is 0 Å². The van der Waals surface area contributed by atoms with Crippen molar-refractivity contribution >= 4 is 10.9 Å². The number of rotatable bonds is 2. The summed E-state index contributed by atoms with van der Waals surface area (Å²) in [7, 11) is 0. The maximum absolute atomic E-state index is 4.90. The van der Waals surface area contributed by atoms with Crippen LogP contribution in [-0.2, 0) is 0 Å². The molecule has 4 rings (SSSR count). The first-order valence-corrected chi connectivity index (χ1v) is 8.25. The molecule has 1 aromatic heterocycles. The molecule has 0 spiro atoms. The van der Waals surface area contributed by atoms with Crippen LogP contribution in [0.15, 0.2) is 78.9 Å². The zero-order chi connectivity index (χ0) is 16.5. The Kier molecular flexibility index (Phi) is 3.62. The van der Waals surface area contributed by atoms with Gasteiger partial charge in [-0.15, -0.1) is 0 Å². The van der Waals surface area contributed by atoms with E-state index in [9.17, 15) is 0 Å². The summed E-state index contributed by atoms with van der Waals surface area (Å²) in [5.74, 6) is 0. The van der Waals surface area contributed by atoms with Crippen LogP contribution in [0.4, 0.5) is 0 Å². The molecule has 0 N–H and O–H groups in total. The summed E-state index contributed by atoms with van der Waals surface area (Å²) in [5, 5.41) is 1.21. The Bertz CT molecular complexity index is 1020. The molecule has 0 bridgehead atoms. The third-order valence-electron chi connectivity index (χ3n) is 4.47. The molecule has 116 valence electrons. The van der Waals surface area contributed by atoms with Crippen molar-refractivity contribution in [1.82, 2.24) is 4.98 Å². The van der Waals surface area contributed by atoms with Crippen molar-refractivity contribution in [2.75, 3.05) is 0 Å². The highest BCUT2D eigenvalue weighted by atomic mass is 14.7. The molecule has 0 aliphatic rings. The van der Waals surface area contributed by atoms with E-state index in [1.54, 1.807) is 0 Å². The van der Waals surface area contributed by atoms with Gasteiger partial charge in [0.2, 0.25) is 0 Å². The third-order valence-corrected chi connectivity index (χ3v) is 4.47. The quantitative estimate of drug-likeness (QED) is 0.430. The predicted octanol–water partition coefficient (Wildman–Crippen LogP) is 6.19. The first kappa shape index (κ1) is 14.6. The highest BCUT2D eigenvalue weighted by Crippen LogP contribution is 2.34. The van der Waals surface area contributed by atoms with Crippen LogP contribution < -0.4 is 0 Å². The molecular weight excluding hydrogens is 290 g/mol. The molecule has 0 saturated heterocycles. The second-order valence-corrected chi connectivity index (χ2v) is 6.26. The number of aryl methyl sites for hydroxylation is 2. The van der Waals surface area contributed by atoms with Crippen molar-refractivity contribution in [1.29, 1.82) is 0 Å². The summed E-state index contributed by atoms with van der Waals surface area (Å²) in [4.78, 5) is 4.90. The van der Waals surface area contributed by atoms with Crippen molar-refractivity contribution in [3.05, 3.63) is 90.0 Å². The van der Waals surface area contributed by atoms with Gasteiger partial charge in [0, 0.05) is 10.9 Å². The van der Waals surface area contributed by atoms with E-state index in [1.807, 2.05) is 6.07 Å². The predicted molar refractivity (Wildman–Crippen MR) is 102 cm³/mol. The Morgan fingerprint density at radius 3 is 2.21 bits per heavy atom. The minimum Gasteiger partial charge on any atom is -0.248 e. The smallest absolute Gasteiger partial charge is 0.0715 e. The average Bonchev–Trinajstić information content (AvgIpc) is 2.62. The van der Waals surface area contributed by atoms with Crippen molar-refractivity contribution in [3.8, 4) is 22.4 Å². The zero-order valence-electron chi connectivity index (χ0n) is 14.0. The monoisotopic (exact) mass is 309 g/mol. The number of benzene rings is 3. The minimum atomic E-state index is 1.02. The molecule has 4 aromatic rings. The van der Waals surface area contributed by atoms with Gasteiger partial charge in [0.15, 0.2) is 0 Å². The van der Waals surface area contributed by atoms with Crippen LogP contribution in [0, 0.1) is 13.8 Å². The maximum atomic E-state index is 4.90. The fraction of sp³-hybridized carbons (Fsp3) is 0.0870. The van der Waals surface area contributed by atoms with Crippen molar-refractivity contribution in [3.63, 3.8) is 0 Å². The topological polar surface area (TPSA) is 12.9 Å². The lowest BCUT2D eigenvalue weighted by atomic mass is 9.94. The van der Waals surface area contributed by atoms with Crippen LogP contribution in [-0.4, -0.2) is 4.98 Å². The third kappa shape index (κ3) is 2.59. The molecule has 0 saturated carbocycles. The molecule has 0 aliphatic heterocycles. The summed E-state index contributed by atoms with van der Waals surface area (Å²) in [5.41, 5.74) is 8.27. The van der Waals surface area contributed by atoms with Crippen molar-refractivity contribution < 1.29 is 0 Å². The van der Waals surface area contributed by atoms with Gasteiger partial charge in [0.25, 0.3) is 0 Å². The molecule has 0 atom stereocenters. The van der Waals surface area contributed by atoms with Gasteiger partial charge in [0.1, 0.15) is 0 Å². The maximum Gasteiger partial charge on any atom is 0.0715 e. The first-order valence-electron chi connectivity index (χ1n) is 8.25. The second kappa shape index (κ2) is 5.93. The van der Waals surface area contributed by atoms with E-state index < -0.39 is 0 Å². The zero-order valence-corrected chi connectivity index (χ0v) is 14.0. The molecule has 1 heterocycles. The van der Waals surface area contributed by atoms with Gasteiger partial charge in [-0.1, -0.05) is 66.2 Å². The molecule has 24 heavy (non-hydrogen) atoms. The molecule has 0 fully saturated rings. The summed E-state index contributed by atoms with van der Waals surface area (Å²) >= 11 is 0. The largest absolute Gasteiger partial charge is 0.248 e. The standard InChI is InChI=1S/C23H19N/c1-16-12-13-22-21(14-16)20(19-11-7-6-8-17(19)2)15-23(24-22)18-9-4-3-5-10-18/h3-15H,1-2H3. The Labute approximate surface area is 142 Å². The average molecular weight is 309 g/mol. The number of hydrogen-bond acceptors (Lipinski definition) is 1. The van der Waals surface area contributed by atoms with E-state index in [0.29, 0.717) is 0 Å². The number of hydrogen-bond donors (Lipinski definition) is 0. The van der Waals surface area contributed by atoms with E-state index in [1.165, 1.54) is 27.6 Å². The summed E-state index contributed by atoms with van der Waals surface area (Å²) in [6.45, 7) is 4.30. The second-order valence-electron chi connectivity index (χ2n) is 6.26. The fourth-order valence-corrected chi connectivity index (χ4v) is 3.19. The Balaban J connectivity index is 2.06. The molecule has 0 unspecified atom stereocenters. The highest BCUT2D eigenvalue weighted by Gasteiger charge is 2.11. The molecule has 3 aromatic carbocycles. The Morgan fingerprint density at radius 1 is 0.667 bits per heavy atom. The number of pyridine rings is 1. The normalized spacial score (nSPS) is 10.9. The molecule has 0 radical (unpaired) electrons. The van der Waals surface area contributed by atoms with E-state index in [-0.39, 0.29) is 0 Å². The van der Waals surface area contributed by atoms with Gasteiger partial charge in [-0.2, -0.15) is 0 Å². The molecule has 1 heteroatoms. The Morgan fingerprint density at radius 2 is 1.42 bits per heavy atom. The van der Waals surface area contributed by atoms with E-state index in [4.69, 9.17) is 4.98 Å². The van der Waals surface area contributed by atoms with Gasteiger partial charge < -0.3 is 0 Å². The first-order chi connectivity index (χ1) is 11.7. The van der Waals surface area contributed by atoms with Crippen LogP contribution in [0.1, 0.15) is 11.1 Å². The fourth-order valence-electron chi connectivity index (χ4n) is 3.19. The van der Waals surface area contributed by atoms with Crippen LogP contribution in [0.25, 0.3) is 33.3 Å². The summed E-state index contributed by atoms with van der Waals surface area (Å²) in [6.07, 6.45) is 0. The van der Waals surface area contributed by atoms with Crippen LogP contribution in [0.5, 0.6) is 0 Å². The minimum absolute atomic E-state index is 1.02. The van der Waals surface area contributed by atoms with Gasteiger partial charge >= 0.3 is 0 Å². The number of nitrogens with zero attached hydrogens (tertiary/aromatic N) is 1. The molecule has 1 nitrogen and oxygen atoms in total. The lowest BCUT2D eigenvalue weighted by Crippen LogP contribution is -1.92. The van der Waals surface area contributed by atoms with Crippen molar-refractivity contribution in [2.45, 2.75) is 13.8 Å². The van der Waals surface area contributed by atoms with Gasteiger partial charge in [-0.3, -0.25) is 0 Å².